The van der Waals surface area contributed by atoms with Gasteiger partial charge in [-0.15, -0.1) is 0 Å². The largest absolute Gasteiger partial charge is 0.497 e. The number of ether oxygens (including phenoxy) is 2. The van der Waals surface area contributed by atoms with Crippen LogP contribution < -0.4 is 15.0 Å². The van der Waals surface area contributed by atoms with Gasteiger partial charge in [-0.3, -0.25) is 14.6 Å². The fraction of sp³-hybridized carbons (Fsp3) is 0.200. The highest BCUT2D eigenvalue weighted by Gasteiger charge is 2.12. The minimum absolute atomic E-state index is 0.0712. The van der Waals surface area contributed by atoms with E-state index in [1.165, 1.54) is 24.5 Å². The van der Waals surface area contributed by atoms with E-state index in [4.69, 9.17) is 25.3 Å². The Morgan fingerprint density at radius 2 is 2.21 bits per heavy atom. The van der Waals surface area contributed by atoms with Gasteiger partial charge in [0.15, 0.2) is 0 Å². The monoisotopic (exact) mass is 406 g/mol. The minimum atomic E-state index is -3.03. The van der Waals surface area contributed by atoms with E-state index in [0.717, 1.165) is 24.4 Å². The van der Waals surface area contributed by atoms with E-state index >= 15 is 0 Å². The van der Waals surface area contributed by atoms with E-state index in [9.17, 15) is 9.18 Å². The Morgan fingerprint density at radius 1 is 1.28 bits per heavy atom. The average Bonchev–Trinajstić information content (AvgIpc) is 2.79. The van der Waals surface area contributed by atoms with Crippen LogP contribution in [0, 0.1) is 5.82 Å². The molecule has 29 heavy (non-hydrogen) atoms. The lowest BCUT2D eigenvalue weighted by Crippen LogP contribution is -2.25. The summed E-state index contributed by atoms with van der Waals surface area (Å²) in [6, 6.07) is 5.91. The van der Waals surface area contributed by atoms with Crippen molar-refractivity contribution in [2.24, 2.45) is 0 Å². The molecule has 1 amide bonds. The maximum absolute atomic E-state index is 14.0. The first-order chi connectivity index (χ1) is 17.1. The highest BCUT2D eigenvalue weighted by Crippen LogP contribution is 2.18. The molecule has 2 heterocycles. The molecule has 8 nitrogen and oxygen atoms in total. The fourth-order valence-electron chi connectivity index (χ4n) is 2.22. The van der Waals surface area contributed by atoms with Crippen molar-refractivity contribution < 1.29 is 34.5 Å². The highest BCUT2D eigenvalue weighted by atomic mass is 19.1. The number of methoxy groups -OCH3 is 1. The van der Waals surface area contributed by atoms with E-state index in [-0.39, 0.29) is 28.6 Å². The minimum Gasteiger partial charge on any atom is -0.497 e. The average molecular weight is 406 g/mol. The number of nitrogens with one attached hydrogen (secondary N) is 1. The SMILES string of the molecule is [2H]C([2H])([2H])Oc1ccc(F)c(CONC(=O)c2cncc(-c3ccc(OC([2H])([2H])C([2H])([2H])[2H])nc3)n2)c1. The molecule has 0 aliphatic heterocycles. The van der Waals surface area contributed by atoms with E-state index < -0.39 is 38.8 Å². The van der Waals surface area contributed by atoms with E-state index in [2.05, 4.69) is 20.4 Å². The molecule has 0 fully saturated rings. The summed E-state index contributed by atoms with van der Waals surface area (Å²) in [5.74, 6) is -1.91. The van der Waals surface area contributed by atoms with Crippen molar-refractivity contribution in [1.29, 1.82) is 0 Å². The Morgan fingerprint density at radius 3 is 3.00 bits per heavy atom. The molecule has 0 atom stereocenters. The second-order valence-electron chi connectivity index (χ2n) is 5.45. The number of hydrogen-bond acceptors (Lipinski definition) is 7. The predicted octanol–water partition coefficient (Wildman–Crippen LogP) is 2.95. The van der Waals surface area contributed by atoms with Crippen molar-refractivity contribution in [2.45, 2.75) is 13.5 Å². The van der Waals surface area contributed by atoms with Crippen LogP contribution in [-0.4, -0.2) is 34.5 Å². The number of aromatic nitrogens is 3. The number of amides is 1. The molecular formula is C20H19FN4O4. The summed E-state index contributed by atoms with van der Waals surface area (Å²) in [6.07, 6.45) is 3.69. The zero-order valence-corrected chi connectivity index (χ0v) is 14.7. The number of pyridine rings is 1. The maximum Gasteiger partial charge on any atom is 0.295 e. The van der Waals surface area contributed by atoms with E-state index in [0.29, 0.717) is 5.56 Å². The molecule has 9 heteroatoms. The Balaban J connectivity index is 1.63. The third-order valence-electron chi connectivity index (χ3n) is 3.58. The topological polar surface area (TPSA) is 95.5 Å². The molecule has 0 aliphatic rings. The van der Waals surface area contributed by atoms with Gasteiger partial charge in [0.25, 0.3) is 5.91 Å². The van der Waals surface area contributed by atoms with Crippen LogP contribution in [0.1, 0.15) is 33.9 Å². The Bertz CT molecular complexity index is 1260. The first-order valence-corrected chi connectivity index (χ1v) is 8.02. The number of halogens is 1. The molecular weight excluding hydrogens is 379 g/mol. The smallest absolute Gasteiger partial charge is 0.295 e. The normalized spacial score (nSPS) is 15.9. The molecule has 1 aromatic carbocycles. The summed E-state index contributed by atoms with van der Waals surface area (Å²) in [5.41, 5.74) is 2.40. The van der Waals surface area contributed by atoms with Crippen LogP contribution in [0.15, 0.2) is 48.9 Å². The second-order valence-corrected chi connectivity index (χ2v) is 5.45. The Hall–Kier alpha value is -3.59. The van der Waals surface area contributed by atoms with Crippen LogP contribution in [0.5, 0.6) is 11.6 Å². The molecule has 150 valence electrons. The highest BCUT2D eigenvalue weighted by molar-refractivity contribution is 5.91. The maximum atomic E-state index is 14.0. The summed E-state index contributed by atoms with van der Waals surface area (Å²) in [4.78, 5) is 29.3. The third-order valence-corrected chi connectivity index (χ3v) is 3.58. The van der Waals surface area contributed by atoms with Crippen molar-refractivity contribution in [3.05, 3.63) is 66.0 Å². The van der Waals surface area contributed by atoms with Crippen LogP contribution in [0.2, 0.25) is 0 Å². The molecule has 0 unspecified atom stereocenters. The molecule has 0 aliphatic carbocycles. The van der Waals surface area contributed by atoms with Crippen LogP contribution >= 0.6 is 0 Å². The van der Waals surface area contributed by atoms with Gasteiger partial charge in [0.1, 0.15) is 23.9 Å². The zero-order valence-electron chi connectivity index (χ0n) is 22.7. The molecule has 0 radical (unpaired) electrons. The van der Waals surface area contributed by atoms with E-state index in [1.54, 1.807) is 0 Å². The van der Waals surface area contributed by atoms with Crippen LogP contribution in [0.4, 0.5) is 4.39 Å². The summed E-state index contributed by atoms with van der Waals surface area (Å²) in [6.45, 7) is -6.42. The second kappa shape index (κ2) is 9.56. The molecule has 3 aromatic rings. The van der Waals surface area contributed by atoms with Gasteiger partial charge in [-0.05, 0) is 31.1 Å². The molecule has 2 aromatic heterocycles. The fourth-order valence-corrected chi connectivity index (χ4v) is 2.22. The van der Waals surface area contributed by atoms with Gasteiger partial charge >= 0.3 is 0 Å². The lowest BCUT2D eigenvalue weighted by atomic mass is 10.2. The number of hydrogen-bond donors (Lipinski definition) is 1. The first-order valence-electron chi connectivity index (χ1n) is 12.0. The van der Waals surface area contributed by atoms with Gasteiger partial charge in [-0.25, -0.2) is 19.8 Å². The van der Waals surface area contributed by atoms with E-state index in [1.807, 2.05) is 0 Å². The van der Waals surface area contributed by atoms with Crippen molar-refractivity contribution >= 4 is 5.91 Å². The van der Waals surface area contributed by atoms with Crippen molar-refractivity contribution in [1.82, 2.24) is 20.4 Å². The molecule has 0 saturated carbocycles. The Kier molecular flexibility index (Phi) is 3.98. The number of hydroxylamine groups is 1. The molecule has 1 N–H and O–H groups in total. The quantitative estimate of drug-likeness (QED) is 0.575. The summed E-state index contributed by atoms with van der Waals surface area (Å²) in [7, 11) is -2.72. The standard InChI is InChI=1S/C20H19FN4O4/c1-3-28-19-7-4-13(9-23-19)17-10-22-11-18(24-17)20(26)25-29-12-14-8-15(27-2)5-6-16(14)21/h4-11H,3,12H2,1-2H3,(H,25,26)/i1D3,2D3,3D2. The number of carbonyl (C=O) groups is 1. The number of benzene rings is 1. The first kappa shape index (κ1) is 12.1. The Labute approximate surface area is 177 Å². The van der Waals surface area contributed by atoms with Gasteiger partial charge in [0.05, 0.1) is 38.5 Å². The van der Waals surface area contributed by atoms with Crippen molar-refractivity contribution in [3.8, 4) is 22.9 Å². The molecule has 0 spiro atoms. The number of rotatable bonds is 8. The van der Waals surface area contributed by atoms with Gasteiger partial charge in [-0.1, -0.05) is 0 Å². The van der Waals surface area contributed by atoms with Crippen LogP contribution in [-0.2, 0) is 11.4 Å². The molecule has 0 saturated heterocycles. The number of carbonyl (C=O) groups excluding carboxylic acids is 1. The third kappa shape index (κ3) is 5.23. The zero-order chi connectivity index (χ0) is 27.4. The van der Waals surface area contributed by atoms with Crippen LogP contribution in [0.25, 0.3) is 11.3 Å². The lowest BCUT2D eigenvalue weighted by molar-refractivity contribution is 0.0219. The lowest BCUT2D eigenvalue weighted by Gasteiger charge is -2.08. The summed E-state index contributed by atoms with van der Waals surface area (Å²) in [5, 5.41) is 0. The van der Waals surface area contributed by atoms with Crippen molar-refractivity contribution in [2.75, 3.05) is 13.6 Å². The van der Waals surface area contributed by atoms with Crippen molar-refractivity contribution in [3.63, 3.8) is 0 Å². The van der Waals surface area contributed by atoms with Gasteiger partial charge < -0.3 is 9.47 Å². The van der Waals surface area contributed by atoms with Gasteiger partial charge in [0, 0.05) is 27.5 Å². The number of nitrogens with zero attached hydrogens (tertiary/aromatic N) is 3. The van der Waals surface area contributed by atoms with Gasteiger partial charge in [-0.2, -0.15) is 0 Å². The summed E-state index contributed by atoms with van der Waals surface area (Å²) >= 11 is 0. The van der Waals surface area contributed by atoms with Gasteiger partial charge in [0.2, 0.25) is 5.88 Å². The van der Waals surface area contributed by atoms with Crippen LogP contribution in [0.3, 0.4) is 0 Å². The predicted molar refractivity (Wildman–Crippen MR) is 102 cm³/mol. The summed E-state index contributed by atoms with van der Waals surface area (Å²) < 4.78 is 81.3. The molecule has 3 rings (SSSR count). The molecule has 0 bridgehead atoms.